The van der Waals surface area contributed by atoms with Crippen LogP contribution in [0.1, 0.15) is 34.9 Å². The summed E-state index contributed by atoms with van der Waals surface area (Å²) in [7, 11) is 4.58. The number of imidazole rings is 1. The van der Waals surface area contributed by atoms with Crippen molar-refractivity contribution in [3.63, 3.8) is 0 Å². The van der Waals surface area contributed by atoms with E-state index in [4.69, 9.17) is 14.2 Å². The highest BCUT2D eigenvalue weighted by Gasteiger charge is 2.27. The molecular weight excluding hydrogens is 322 g/mol. The quantitative estimate of drug-likeness (QED) is 0.794. The van der Waals surface area contributed by atoms with E-state index in [1.165, 1.54) is 34.2 Å². The van der Waals surface area contributed by atoms with Crippen LogP contribution in [-0.4, -0.2) is 43.3 Å². The maximum Gasteiger partial charge on any atom is 0.251 e. The number of rotatable bonds is 8. The lowest BCUT2D eigenvalue weighted by Crippen LogP contribution is -2.27. The van der Waals surface area contributed by atoms with E-state index in [0.29, 0.717) is 41.8 Å². The largest absolute Gasteiger partial charge is 0.493 e. The third-order valence-corrected chi connectivity index (χ3v) is 4.26. The van der Waals surface area contributed by atoms with Crippen molar-refractivity contribution in [1.82, 2.24) is 14.9 Å². The lowest BCUT2D eigenvalue weighted by atomic mass is 10.1. The van der Waals surface area contributed by atoms with Crippen molar-refractivity contribution in [3.05, 3.63) is 35.9 Å². The molecule has 1 heterocycles. The fraction of sp³-hybridized carbons (Fsp3) is 0.444. The van der Waals surface area contributed by atoms with Gasteiger partial charge in [-0.25, -0.2) is 4.98 Å². The SMILES string of the molecule is COc1cc(C(=O)NCCn2ccnc2C2CC2)cc(OC)c1OC. The van der Waals surface area contributed by atoms with Gasteiger partial charge < -0.3 is 24.1 Å². The molecule has 7 nitrogen and oxygen atoms in total. The Hall–Kier alpha value is -2.70. The van der Waals surface area contributed by atoms with Crippen molar-refractivity contribution in [1.29, 1.82) is 0 Å². The van der Waals surface area contributed by atoms with E-state index in [9.17, 15) is 4.79 Å². The van der Waals surface area contributed by atoms with Gasteiger partial charge in [0.25, 0.3) is 5.91 Å². The van der Waals surface area contributed by atoms with Crippen LogP contribution in [0.25, 0.3) is 0 Å². The Morgan fingerprint density at radius 3 is 2.44 bits per heavy atom. The molecule has 0 radical (unpaired) electrons. The Labute approximate surface area is 146 Å². The summed E-state index contributed by atoms with van der Waals surface area (Å²) in [4.78, 5) is 16.9. The van der Waals surface area contributed by atoms with Gasteiger partial charge in [0, 0.05) is 37.0 Å². The van der Waals surface area contributed by atoms with Crippen LogP contribution in [0.5, 0.6) is 17.2 Å². The number of nitrogens with zero attached hydrogens (tertiary/aromatic N) is 2. The Morgan fingerprint density at radius 1 is 1.20 bits per heavy atom. The van der Waals surface area contributed by atoms with Crippen LogP contribution in [-0.2, 0) is 6.54 Å². The van der Waals surface area contributed by atoms with E-state index >= 15 is 0 Å². The highest BCUT2D eigenvalue weighted by molar-refractivity contribution is 5.95. The summed E-state index contributed by atoms with van der Waals surface area (Å²) in [6.45, 7) is 1.22. The Bertz CT molecular complexity index is 728. The highest BCUT2D eigenvalue weighted by atomic mass is 16.5. The predicted molar refractivity (Wildman–Crippen MR) is 92.6 cm³/mol. The van der Waals surface area contributed by atoms with Crippen LogP contribution in [0.15, 0.2) is 24.5 Å². The molecule has 1 aliphatic rings. The monoisotopic (exact) mass is 345 g/mol. The van der Waals surface area contributed by atoms with Gasteiger partial charge in [-0.05, 0) is 25.0 Å². The lowest BCUT2D eigenvalue weighted by Gasteiger charge is -2.14. The molecule has 1 aliphatic carbocycles. The van der Waals surface area contributed by atoms with Gasteiger partial charge in [0.15, 0.2) is 11.5 Å². The van der Waals surface area contributed by atoms with Gasteiger partial charge in [-0.1, -0.05) is 0 Å². The first kappa shape index (κ1) is 17.1. The van der Waals surface area contributed by atoms with Crippen LogP contribution in [0.3, 0.4) is 0 Å². The maximum atomic E-state index is 12.5. The minimum atomic E-state index is -0.188. The van der Waals surface area contributed by atoms with Gasteiger partial charge in [0.05, 0.1) is 21.3 Å². The summed E-state index contributed by atoms with van der Waals surface area (Å²) in [5.74, 6) is 2.89. The van der Waals surface area contributed by atoms with E-state index < -0.39 is 0 Å². The van der Waals surface area contributed by atoms with Crippen molar-refractivity contribution in [3.8, 4) is 17.2 Å². The second-order valence-electron chi connectivity index (χ2n) is 5.92. The van der Waals surface area contributed by atoms with E-state index in [-0.39, 0.29) is 5.91 Å². The summed E-state index contributed by atoms with van der Waals surface area (Å²) < 4.78 is 17.9. The summed E-state index contributed by atoms with van der Waals surface area (Å²) in [5, 5.41) is 2.92. The molecule has 3 rings (SSSR count). The topological polar surface area (TPSA) is 74.6 Å². The third kappa shape index (κ3) is 3.70. The first-order chi connectivity index (χ1) is 12.2. The molecule has 0 atom stereocenters. The molecule has 1 aromatic carbocycles. The predicted octanol–water partition coefficient (Wildman–Crippen LogP) is 2.22. The molecule has 25 heavy (non-hydrogen) atoms. The minimum absolute atomic E-state index is 0.188. The highest BCUT2D eigenvalue weighted by Crippen LogP contribution is 2.39. The molecule has 1 fully saturated rings. The average Bonchev–Trinajstić information content (AvgIpc) is 3.38. The van der Waals surface area contributed by atoms with Crippen LogP contribution >= 0.6 is 0 Å². The number of methoxy groups -OCH3 is 3. The lowest BCUT2D eigenvalue weighted by molar-refractivity contribution is 0.0951. The number of carbonyl (C=O) groups is 1. The van der Waals surface area contributed by atoms with Crippen molar-refractivity contribution >= 4 is 5.91 Å². The molecule has 0 spiro atoms. The molecule has 7 heteroatoms. The Kier molecular flexibility index (Phi) is 5.11. The number of nitrogens with one attached hydrogen (secondary N) is 1. The summed E-state index contributed by atoms with van der Waals surface area (Å²) in [5.41, 5.74) is 0.461. The van der Waals surface area contributed by atoms with Crippen molar-refractivity contribution in [2.24, 2.45) is 0 Å². The van der Waals surface area contributed by atoms with Crippen LogP contribution in [0, 0.1) is 0 Å². The average molecular weight is 345 g/mol. The molecule has 0 unspecified atom stereocenters. The van der Waals surface area contributed by atoms with E-state index in [2.05, 4.69) is 14.9 Å². The summed E-state index contributed by atoms with van der Waals surface area (Å²) in [6.07, 6.45) is 6.18. The van der Waals surface area contributed by atoms with E-state index in [1.807, 2.05) is 12.4 Å². The first-order valence-electron chi connectivity index (χ1n) is 8.27. The first-order valence-corrected chi connectivity index (χ1v) is 8.27. The van der Waals surface area contributed by atoms with Crippen LogP contribution in [0.4, 0.5) is 0 Å². The molecule has 0 bridgehead atoms. The molecule has 2 aromatic rings. The minimum Gasteiger partial charge on any atom is -0.493 e. The zero-order valence-electron chi connectivity index (χ0n) is 14.7. The number of ether oxygens (including phenoxy) is 3. The number of aromatic nitrogens is 2. The summed E-state index contributed by atoms with van der Waals surface area (Å²) >= 11 is 0. The number of hydrogen-bond donors (Lipinski definition) is 1. The van der Waals surface area contributed by atoms with E-state index in [1.54, 1.807) is 12.1 Å². The molecule has 1 aromatic heterocycles. The molecule has 1 saturated carbocycles. The smallest absolute Gasteiger partial charge is 0.251 e. The van der Waals surface area contributed by atoms with Gasteiger partial charge in [-0.2, -0.15) is 0 Å². The van der Waals surface area contributed by atoms with Gasteiger partial charge in [-0.3, -0.25) is 4.79 Å². The Morgan fingerprint density at radius 2 is 1.88 bits per heavy atom. The number of hydrogen-bond acceptors (Lipinski definition) is 5. The van der Waals surface area contributed by atoms with Crippen molar-refractivity contribution in [2.45, 2.75) is 25.3 Å². The molecule has 134 valence electrons. The van der Waals surface area contributed by atoms with Gasteiger partial charge >= 0.3 is 0 Å². The van der Waals surface area contributed by atoms with E-state index in [0.717, 1.165) is 5.82 Å². The van der Waals surface area contributed by atoms with Crippen LogP contribution < -0.4 is 19.5 Å². The zero-order valence-corrected chi connectivity index (χ0v) is 14.7. The van der Waals surface area contributed by atoms with Crippen molar-refractivity contribution in [2.75, 3.05) is 27.9 Å². The number of benzene rings is 1. The molecule has 1 N–H and O–H groups in total. The Balaban J connectivity index is 1.65. The van der Waals surface area contributed by atoms with Gasteiger partial charge in [0.2, 0.25) is 5.75 Å². The fourth-order valence-electron chi connectivity index (χ4n) is 2.82. The normalized spacial score (nSPS) is 13.4. The molecule has 1 amide bonds. The maximum absolute atomic E-state index is 12.5. The fourth-order valence-corrected chi connectivity index (χ4v) is 2.82. The summed E-state index contributed by atoms with van der Waals surface area (Å²) in [6, 6.07) is 3.28. The number of carbonyl (C=O) groups excluding carboxylic acids is 1. The molecule has 0 saturated heterocycles. The second-order valence-corrected chi connectivity index (χ2v) is 5.92. The van der Waals surface area contributed by atoms with Gasteiger partial charge in [0.1, 0.15) is 5.82 Å². The zero-order chi connectivity index (χ0) is 17.8. The number of amides is 1. The molecular formula is C18H23N3O4. The van der Waals surface area contributed by atoms with Crippen molar-refractivity contribution < 1.29 is 19.0 Å². The molecule has 0 aliphatic heterocycles. The third-order valence-electron chi connectivity index (χ3n) is 4.26. The second kappa shape index (κ2) is 7.46. The van der Waals surface area contributed by atoms with Gasteiger partial charge in [-0.15, -0.1) is 0 Å². The standard InChI is InChI=1S/C18H23N3O4/c1-23-14-10-13(11-15(24-2)16(14)25-3)18(22)20-7-9-21-8-6-19-17(21)12-4-5-12/h6,8,10-12H,4-5,7,9H2,1-3H3,(H,20,22). The van der Waals surface area contributed by atoms with Crippen LogP contribution in [0.2, 0.25) is 0 Å².